The van der Waals surface area contributed by atoms with Crippen LogP contribution in [0.3, 0.4) is 0 Å². The molecule has 3 atom stereocenters. The molecule has 1 aromatic carbocycles. The Balaban J connectivity index is 1.57. The Kier molecular flexibility index (Phi) is 8.98. The number of hydrogen-bond acceptors (Lipinski definition) is 7. The minimum atomic E-state index is -3.13. The minimum absolute atomic E-state index is 0.0104. The number of carbonyl (C=O) groups excluding carboxylic acids is 1. The topological polar surface area (TPSA) is 82.9 Å². The van der Waals surface area contributed by atoms with Crippen LogP contribution in [0.25, 0.3) is 11.1 Å². The molecule has 5 rings (SSSR count). The molecule has 44 heavy (non-hydrogen) atoms. The molecule has 2 saturated heterocycles. The Morgan fingerprint density at radius 2 is 1.73 bits per heavy atom. The summed E-state index contributed by atoms with van der Waals surface area (Å²) < 4.78 is 66.7. The van der Waals surface area contributed by atoms with Gasteiger partial charge in [-0.05, 0) is 40.0 Å². The fourth-order valence-electron chi connectivity index (χ4n) is 5.79. The Hall–Kier alpha value is -3.97. The lowest BCUT2D eigenvalue weighted by molar-refractivity contribution is -0.00546. The monoisotopic (exact) mass is 616 g/mol. The molecule has 0 radical (unpaired) electrons. The third kappa shape index (κ3) is 6.29. The molecule has 2 aromatic heterocycles. The summed E-state index contributed by atoms with van der Waals surface area (Å²) in [5.41, 5.74) is -2.54. The minimum Gasteiger partial charge on any atom is -0.372 e. The average molecular weight is 617 g/mol. The molecular formula is C31H36F4N6O3. The van der Waals surface area contributed by atoms with E-state index in [1.807, 2.05) is 32.7 Å². The van der Waals surface area contributed by atoms with Gasteiger partial charge < -0.3 is 29.3 Å². The third-order valence-electron chi connectivity index (χ3n) is 8.26. The number of halogens is 4. The second-order valence-corrected chi connectivity index (χ2v) is 11.6. The maximum absolute atomic E-state index is 16.5. The number of nitrogens with one attached hydrogen (secondary N) is 1. The first-order chi connectivity index (χ1) is 20.8. The van der Waals surface area contributed by atoms with Crippen LogP contribution in [0, 0.1) is 11.6 Å². The molecular weight excluding hydrogens is 580 g/mol. The molecule has 3 aromatic rings. The lowest BCUT2D eigenvalue weighted by Crippen LogP contribution is -2.50. The van der Waals surface area contributed by atoms with Gasteiger partial charge in [0.1, 0.15) is 17.3 Å². The van der Waals surface area contributed by atoms with Crippen molar-refractivity contribution >= 4 is 23.1 Å². The summed E-state index contributed by atoms with van der Waals surface area (Å²) in [6, 6.07) is 5.10. The largest absolute Gasteiger partial charge is 0.372 e. The number of likely N-dealkylation sites (N-methyl/N-ethyl adjacent to an activating group) is 1. The van der Waals surface area contributed by atoms with Crippen LogP contribution in [-0.2, 0) is 11.8 Å². The summed E-state index contributed by atoms with van der Waals surface area (Å²) in [6.45, 7) is 8.52. The van der Waals surface area contributed by atoms with Crippen LogP contribution in [0.1, 0.15) is 43.1 Å². The number of carbonyl (C=O) groups is 1. The van der Waals surface area contributed by atoms with Crippen molar-refractivity contribution in [2.75, 3.05) is 54.9 Å². The molecule has 236 valence electrons. The number of nitrogens with zero attached hydrogens (tertiary/aromatic N) is 5. The van der Waals surface area contributed by atoms with E-state index in [0.717, 1.165) is 16.8 Å². The number of ether oxygens (including phenoxy) is 1. The number of anilines is 3. The highest BCUT2D eigenvalue weighted by Gasteiger charge is 2.30. The average Bonchev–Trinajstić information content (AvgIpc) is 2.96. The number of piperazine rings is 1. The maximum Gasteiger partial charge on any atom is 0.264 e. The summed E-state index contributed by atoms with van der Waals surface area (Å²) in [7, 11) is 3.26. The fraction of sp³-hybridized carbons (Fsp3) is 0.452. The molecule has 2 fully saturated rings. The van der Waals surface area contributed by atoms with Gasteiger partial charge >= 0.3 is 0 Å². The standard InChI is InChI=1S/C31H36F4N6O3/c1-17-13-40(9-8-38(17)4)24-11-23(32)27(20-6-7-25(36-12-20)41-14-18(2)44-19(3)15-41)28(33)29(24)37-31(43)22-16-39(5)26(42)10-21(22)30(34)35/h6-7,10-12,16-19,30H,8-9,13-15H2,1-5H3,(H,37,43)/t17?,18-,19+. The molecule has 0 aliphatic carbocycles. The quantitative estimate of drug-likeness (QED) is 0.403. The van der Waals surface area contributed by atoms with E-state index in [1.54, 1.807) is 17.0 Å². The Labute approximate surface area is 253 Å². The van der Waals surface area contributed by atoms with Gasteiger partial charge in [0.15, 0.2) is 5.82 Å². The second-order valence-electron chi connectivity index (χ2n) is 11.6. The van der Waals surface area contributed by atoms with Gasteiger partial charge in [-0.25, -0.2) is 22.5 Å². The van der Waals surface area contributed by atoms with Crippen LogP contribution in [0.5, 0.6) is 0 Å². The first-order valence-electron chi connectivity index (χ1n) is 14.5. The summed E-state index contributed by atoms with van der Waals surface area (Å²) >= 11 is 0. The number of amides is 1. The summed E-state index contributed by atoms with van der Waals surface area (Å²) in [6.07, 6.45) is -0.798. The van der Waals surface area contributed by atoms with Crippen molar-refractivity contribution in [1.82, 2.24) is 14.5 Å². The predicted octanol–water partition coefficient (Wildman–Crippen LogP) is 4.67. The van der Waals surface area contributed by atoms with Gasteiger partial charge in [-0.1, -0.05) is 0 Å². The van der Waals surface area contributed by atoms with Crippen LogP contribution in [0.4, 0.5) is 34.8 Å². The van der Waals surface area contributed by atoms with E-state index >= 15 is 8.78 Å². The smallest absolute Gasteiger partial charge is 0.264 e. The van der Waals surface area contributed by atoms with Crippen molar-refractivity contribution in [2.45, 2.75) is 45.4 Å². The number of hydrogen-bond donors (Lipinski definition) is 1. The van der Waals surface area contributed by atoms with Crippen molar-refractivity contribution in [3.05, 3.63) is 69.8 Å². The molecule has 0 spiro atoms. The molecule has 13 heteroatoms. The summed E-state index contributed by atoms with van der Waals surface area (Å²) in [4.78, 5) is 35.8. The molecule has 4 heterocycles. The van der Waals surface area contributed by atoms with Crippen LogP contribution >= 0.6 is 0 Å². The van der Waals surface area contributed by atoms with Crippen molar-refractivity contribution in [3.8, 4) is 11.1 Å². The van der Waals surface area contributed by atoms with Gasteiger partial charge in [-0.2, -0.15) is 0 Å². The summed E-state index contributed by atoms with van der Waals surface area (Å²) in [5, 5.41) is 2.44. The van der Waals surface area contributed by atoms with Crippen molar-refractivity contribution < 1.29 is 27.1 Å². The molecule has 1 amide bonds. The first kappa shape index (κ1) is 31.5. The number of aryl methyl sites for hydroxylation is 1. The Morgan fingerprint density at radius 3 is 2.34 bits per heavy atom. The fourth-order valence-corrected chi connectivity index (χ4v) is 5.79. The highest BCUT2D eigenvalue weighted by molar-refractivity contribution is 6.07. The molecule has 9 nitrogen and oxygen atoms in total. The van der Waals surface area contributed by atoms with E-state index < -0.39 is 46.2 Å². The zero-order valence-electron chi connectivity index (χ0n) is 25.3. The zero-order valence-corrected chi connectivity index (χ0v) is 25.3. The maximum atomic E-state index is 16.5. The van der Waals surface area contributed by atoms with E-state index in [9.17, 15) is 18.4 Å². The van der Waals surface area contributed by atoms with Crippen LogP contribution < -0.4 is 20.7 Å². The van der Waals surface area contributed by atoms with Gasteiger partial charge in [0.25, 0.3) is 17.9 Å². The number of morpholine rings is 1. The van der Waals surface area contributed by atoms with Crippen molar-refractivity contribution in [2.24, 2.45) is 7.05 Å². The lowest BCUT2D eigenvalue weighted by atomic mass is 10.0. The Morgan fingerprint density at radius 1 is 1.02 bits per heavy atom. The number of alkyl halides is 2. The van der Waals surface area contributed by atoms with E-state index in [-0.39, 0.29) is 35.2 Å². The molecule has 0 bridgehead atoms. The van der Waals surface area contributed by atoms with Gasteiger partial charge in [-0.15, -0.1) is 0 Å². The molecule has 1 N–H and O–H groups in total. The normalized spacial score (nSPS) is 21.2. The summed E-state index contributed by atoms with van der Waals surface area (Å²) in [5.74, 6) is -2.35. The lowest BCUT2D eigenvalue weighted by Gasteiger charge is -2.40. The molecule has 0 saturated carbocycles. The number of pyridine rings is 2. The van der Waals surface area contributed by atoms with E-state index in [4.69, 9.17) is 4.74 Å². The van der Waals surface area contributed by atoms with Gasteiger partial charge in [-0.3, -0.25) is 9.59 Å². The van der Waals surface area contributed by atoms with E-state index in [0.29, 0.717) is 44.6 Å². The van der Waals surface area contributed by atoms with Gasteiger partial charge in [0, 0.05) is 81.5 Å². The van der Waals surface area contributed by atoms with E-state index in [2.05, 4.69) is 15.2 Å². The zero-order chi connectivity index (χ0) is 31.9. The van der Waals surface area contributed by atoms with Crippen molar-refractivity contribution in [3.63, 3.8) is 0 Å². The number of rotatable bonds is 6. The van der Waals surface area contributed by atoms with Crippen molar-refractivity contribution in [1.29, 1.82) is 0 Å². The van der Waals surface area contributed by atoms with Crippen LogP contribution in [0.2, 0.25) is 0 Å². The van der Waals surface area contributed by atoms with Crippen LogP contribution in [0.15, 0.2) is 41.5 Å². The van der Waals surface area contributed by atoms with Gasteiger partial charge in [0.2, 0.25) is 0 Å². The van der Waals surface area contributed by atoms with E-state index in [1.165, 1.54) is 13.2 Å². The Bertz CT molecular complexity index is 1590. The van der Waals surface area contributed by atoms with Gasteiger partial charge in [0.05, 0.1) is 29.0 Å². The first-order valence-corrected chi connectivity index (χ1v) is 14.5. The molecule has 2 aliphatic heterocycles. The molecule has 1 unspecified atom stereocenters. The highest BCUT2D eigenvalue weighted by atomic mass is 19.3. The highest BCUT2D eigenvalue weighted by Crippen LogP contribution is 2.39. The third-order valence-corrected chi connectivity index (χ3v) is 8.26. The molecule has 2 aliphatic rings. The SMILES string of the molecule is CC1CN(c2cc(F)c(-c3ccc(N4C[C@@H](C)O[C@@H](C)C4)nc3)c(F)c2NC(=O)c2cn(C)c(=O)cc2C(F)F)CCN1C. The predicted molar refractivity (Wildman–Crippen MR) is 161 cm³/mol. The number of benzene rings is 1. The number of aromatic nitrogens is 2. The second kappa shape index (κ2) is 12.6. The van der Waals surface area contributed by atoms with Crippen LogP contribution in [-0.4, -0.2) is 78.4 Å².